The van der Waals surface area contributed by atoms with Gasteiger partial charge in [0.15, 0.2) is 5.75 Å². The maximum atomic E-state index is 11.1. The SMILES string of the molecule is CCNc1cccc(OC2CCC2)c1[N+](=O)[O-]. The molecule has 1 saturated carbocycles. The fourth-order valence-electron chi connectivity index (χ4n) is 1.81. The van der Waals surface area contributed by atoms with Crippen molar-refractivity contribution in [2.45, 2.75) is 32.3 Å². The van der Waals surface area contributed by atoms with E-state index in [1.54, 1.807) is 18.2 Å². The third-order valence-electron chi connectivity index (χ3n) is 2.89. The fourth-order valence-corrected chi connectivity index (χ4v) is 1.81. The summed E-state index contributed by atoms with van der Waals surface area (Å²) < 4.78 is 5.65. The topological polar surface area (TPSA) is 64.4 Å². The lowest BCUT2D eigenvalue weighted by molar-refractivity contribution is -0.385. The minimum atomic E-state index is -0.383. The first-order chi connectivity index (χ1) is 8.22. The predicted octanol–water partition coefficient (Wildman–Crippen LogP) is 2.96. The molecule has 5 heteroatoms. The molecule has 0 aromatic heterocycles. The van der Waals surface area contributed by atoms with E-state index in [1.165, 1.54) is 0 Å². The zero-order valence-corrected chi connectivity index (χ0v) is 9.81. The molecule has 0 saturated heterocycles. The molecule has 17 heavy (non-hydrogen) atoms. The smallest absolute Gasteiger partial charge is 0.333 e. The van der Waals surface area contributed by atoms with Crippen LogP contribution in [0, 0.1) is 10.1 Å². The summed E-state index contributed by atoms with van der Waals surface area (Å²) in [6, 6.07) is 5.14. The highest BCUT2D eigenvalue weighted by atomic mass is 16.6. The predicted molar refractivity (Wildman–Crippen MR) is 65.5 cm³/mol. The average Bonchev–Trinajstić information content (AvgIpc) is 2.23. The molecule has 1 aliphatic carbocycles. The highest BCUT2D eigenvalue weighted by Crippen LogP contribution is 2.37. The average molecular weight is 236 g/mol. The summed E-state index contributed by atoms with van der Waals surface area (Å²) in [5.74, 6) is 0.373. The van der Waals surface area contributed by atoms with Gasteiger partial charge in [-0.15, -0.1) is 0 Å². The van der Waals surface area contributed by atoms with Crippen LogP contribution >= 0.6 is 0 Å². The molecule has 5 nitrogen and oxygen atoms in total. The second kappa shape index (κ2) is 5.03. The molecule has 0 heterocycles. The molecule has 0 bridgehead atoms. The minimum Gasteiger partial charge on any atom is -0.483 e. The van der Waals surface area contributed by atoms with E-state index in [0.717, 1.165) is 19.3 Å². The van der Waals surface area contributed by atoms with Gasteiger partial charge < -0.3 is 10.1 Å². The number of hydrogen-bond acceptors (Lipinski definition) is 4. The van der Waals surface area contributed by atoms with Crippen molar-refractivity contribution in [3.63, 3.8) is 0 Å². The molecule has 0 radical (unpaired) electrons. The van der Waals surface area contributed by atoms with Crippen LogP contribution in [0.2, 0.25) is 0 Å². The van der Waals surface area contributed by atoms with Crippen molar-refractivity contribution in [3.05, 3.63) is 28.3 Å². The molecule has 0 atom stereocenters. The van der Waals surface area contributed by atoms with E-state index < -0.39 is 0 Å². The number of hydrogen-bond donors (Lipinski definition) is 1. The highest BCUT2D eigenvalue weighted by Gasteiger charge is 2.26. The summed E-state index contributed by atoms with van der Waals surface area (Å²) in [5, 5.41) is 14.1. The normalized spacial score (nSPS) is 15.1. The molecule has 1 aliphatic rings. The standard InChI is InChI=1S/C12H16N2O3/c1-2-13-10-7-4-8-11(12(10)14(15)16)17-9-5-3-6-9/h4,7-9,13H,2-3,5-6H2,1H3. The van der Waals surface area contributed by atoms with Crippen molar-refractivity contribution in [2.24, 2.45) is 0 Å². The summed E-state index contributed by atoms with van der Waals surface area (Å²) in [4.78, 5) is 10.7. The Morgan fingerprint density at radius 3 is 2.82 bits per heavy atom. The molecular weight excluding hydrogens is 220 g/mol. The lowest BCUT2D eigenvalue weighted by atomic mass is 9.96. The second-order valence-corrected chi connectivity index (χ2v) is 4.11. The largest absolute Gasteiger partial charge is 0.483 e. The molecule has 1 aromatic rings. The van der Waals surface area contributed by atoms with Gasteiger partial charge in [0.25, 0.3) is 0 Å². The van der Waals surface area contributed by atoms with Crippen LogP contribution in [-0.2, 0) is 0 Å². The molecule has 92 valence electrons. The van der Waals surface area contributed by atoms with Crippen LogP contribution in [0.4, 0.5) is 11.4 Å². The molecule has 0 unspecified atom stereocenters. The van der Waals surface area contributed by atoms with E-state index in [-0.39, 0.29) is 16.7 Å². The van der Waals surface area contributed by atoms with Gasteiger partial charge in [0.1, 0.15) is 5.69 Å². The van der Waals surface area contributed by atoms with Gasteiger partial charge in [-0.25, -0.2) is 0 Å². The summed E-state index contributed by atoms with van der Waals surface area (Å²) in [6.07, 6.45) is 3.27. The number of nitro groups is 1. The van der Waals surface area contributed by atoms with Crippen LogP contribution in [0.1, 0.15) is 26.2 Å². The van der Waals surface area contributed by atoms with Crippen LogP contribution in [0.25, 0.3) is 0 Å². The number of anilines is 1. The first kappa shape index (κ1) is 11.7. The monoisotopic (exact) mass is 236 g/mol. The molecule has 0 aliphatic heterocycles. The summed E-state index contributed by atoms with van der Waals surface area (Å²) in [6.45, 7) is 2.55. The molecule has 1 N–H and O–H groups in total. The molecule has 1 aromatic carbocycles. The zero-order valence-electron chi connectivity index (χ0n) is 9.81. The Morgan fingerprint density at radius 2 is 2.29 bits per heavy atom. The third kappa shape index (κ3) is 2.49. The Labute approximate surface area is 99.9 Å². The Morgan fingerprint density at radius 1 is 1.53 bits per heavy atom. The maximum Gasteiger partial charge on any atom is 0.333 e. The lowest BCUT2D eigenvalue weighted by Gasteiger charge is -2.26. The van der Waals surface area contributed by atoms with Crippen LogP contribution < -0.4 is 10.1 Å². The zero-order chi connectivity index (χ0) is 12.3. The van der Waals surface area contributed by atoms with Crippen molar-refractivity contribution < 1.29 is 9.66 Å². The number of rotatable bonds is 5. The Balaban J connectivity index is 2.28. The summed E-state index contributed by atoms with van der Waals surface area (Å²) >= 11 is 0. The first-order valence-electron chi connectivity index (χ1n) is 5.90. The lowest BCUT2D eigenvalue weighted by Crippen LogP contribution is -2.25. The van der Waals surface area contributed by atoms with Gasteiger partial charge in [0.2, 0.25) is 0 Å². The fraction of sp³-hybridized carbons (Fsp3) is 0.500. The van der Waals surface area contributed by atoms with E-state index in [0.29, 0.717) is 18.0 Å². The van der Waals surface area contributed by atoms with E-state index in [1.807, 2.05) is 6.92 Å². The van der Waals surface area contributed by atoms with E-state index in [2.05, 4.69) is 5.32 Å². The minimum absolute atomic E-state index is 0.0428. The quantitative estimate of drug-likeness (QED) is 0.630. The van der Waals surface area contributed by atoms with Crippen molar-refractivity contribution in [2.75, 3.05) is 11.9 Å². The van der Waals surface area contributed by atoms with Crippen LogP contribution in [0.5, 0.6) is 5.75 Å². The van der Waals surface area contributed by atoms with Gasteiger partial charge in [-0.3, -0.25) is 10.1 Å². The maximum absolute atomic E-state index is 11.1. The van der Waals surface area contributed by atoms with Gasteiger partial charge in [-0.1, -0.05) is 6.07 Å². The Kier molecular flexibility index (Phi) is 3.46. The van der Waals surface area contributed by atoms with Crippen LogP contribution in [0.3, 0.4) is 0 Å². The van der Waals surface area contributed by atoms with Gasteiger partial charge >= 0.3 is 5.69 Å². The van der Waals surface area contributed by atoms with Crippen molar-refractivity contribution in [1.82, 2.24) is 0 Å². The van der Waals surface area contributed by atoms with E-state index in [9.17, 15) is 10.1 Å². The van der Waals surface area contributed by atoms with Gasteiger partial charge in [0, 0.05) is 6.54 Å². The molecule has 0 spiro atoms. The second-order valence-electron chi connectivity index (χ2n) is 4.11. The number of nitrogens with one attached hydrogen (secondary N) is 1. The number of nitrogens with zero attached hydrogens (tertiary/aromatic N) is 1. The number of nitro benzene ring substituents is 1. The molecule has 1 fully saturated rings. The summed E-state index contributed by atoms with van der Waals surface area (Å²) in [7, 11) is 0. The van der Waals surface area contributed by atoms with Gasteiger partial charge in [-0.05, 0) is 38.3 Å². The Hall–Kier alpha value is -1.78. The van der Waals surface area contributed by atoms with E-state index >= 15 is 0 Å². The summed E-state index contributed by atoms with van der Waals surface area (Å²) in [5.41, 5.74) is 0.565. The van der Waals surface area contributed by atoms with E-state index in [4.69, 9.17) is 4.74 Å². The Bertz CT molecular complexity index is 416. The third-order valence-corrected chi connectivity index (χ3v) is 2.89. The number of para-hydroxylation sites is 1. The molecule has 2 rings (SSSR count). The van der Waals surface area contributed by atoms with Crippen LogP contribution in [-0.4, -0.2) is 17.6 Å². The van der Waals surface area contributed by atoms with Gasteiger partial charge in [0.05, 0.1) is 11.0 Å². The molecular formula is C12H16N2O3. The van der Waals surface area contributed by atoms with Gasteiger partial charge in [-0.2, -0.15) is 0 Å². The molecule has 0 amide bonds. The van der Waals surface area contributed by atoms with Crippen molar-refractivity contribution in [3.8, 4) is 5.75 Å². The highest BCUT2D eigenvalue weighted by molar-refractivity contribution is 5.68. The van der Waals surface area contributed by atoms with Crippen LogP contribution in [0.15, 0.2) is 18.2 Å². The number of ether oxygens (including phenoxy) is 1. The first-order valence-corrected chi connectivity index (χ1v) is 5.90. The van der Waals surface area contributed by atoms with Crippen molar-refractivity contribution >= 4 is 11.4 Å². The number of benzene rings is 1. The van der Waals surface area contributed by atoms with Crippen molar-refractivity contribution in [1.29, 1.82) is 0 Å².